The zero-order chi connectivity index (χ0) is 18.0. The van der Waals surface area contributed by atoms with Crippen molar-refractivity contribution >= 4 is 5.97 Å². The Morgan fingerprint density at radius 2 is 1.96 bits per heavy atom. The molecule has 1 aromatic heterocycles. The fourth-order valence-corrected chi connectivity index (χ4v) is 3.36. The van der Waals surface area contributed by atoms with Crippen LogP contribution in [0.4, 0.5) is 13.2 Å². The van der Waals surface area contributed by atoms with Gasteiger partial charge in [-0.2, -0.15) is 13.2 Å². The molecule has 0 N–H and O–H groups in total. The fraction of sp³-hybridized carbons (Fsp3) is 0.421. The van der Waals surface area contributed by atoms with E-state index in [4.69, 9.17) is 4.74 Å². The van der Waals surface area contributed by atoms with Gasteiger partial charge in [-0.1, -0.05) is 43.7 Å². The molecule has 3 nitrogen and oxygen atoms in total. The van der Waals surface area contributed by atoms with Crippen LogP contribution in [-0.4, -0.2) is 17.1 Å². The number of hydrogen-bond donors (Lipinski definition) is 0. The predicted molar refractivity (Wildman–Crippen MR) is 88.4 cm³/mol. The van der Waals surface area contributed by atoms with E-state index < -0.39 is 17.7 Å². The van der Waals surface area contributed by atoms with Crippen LogP contribution < -0.4 is 0 Å². The summed E-state index contributed by atoms with van der Waals surface area (Å²) in [6, 6.07) is 8.75. The van der Waals surface area contributed by atoms with Crippen LogP contribution in [0.5, 0.6) is 0 Å². The number of fused-ring (bicyclic) bond motifs is 1. The Morgan fingerprint density at radius 1 is 1.24 bits per heavy atom. The molecule has 3 rings (SSSR count). The number of alkyl halides is 3. The lowest BCUT2D eigenvalue weighted by molar-refractivity contribution is -0.138. The largest absolute Gasteiger partial charge is 0.462 e. The van der Waals surface area contributed by atoms with Crippen molar-refractivity contribution in [2.24, 2.45) is 0 Å². The molecule has 0 aliphatic carbocycles. The third-order valence-electron chi connectivity index (χ3n) is 4.43. The van der Waals surface area contributed by atoms with E-state index in [9.17, 15) is 18.0 Å². The molecule has 0 amide bonds. The van der Waals surface area contributed by atoms with Gasteiger partial charge in [-0.05, 0) is 24.8 Å². The van der Waals surface area contributed by atoms with Crippen molar-refractivity contribution in [3.05, 3.63) is 47.2 Å². The second-order valence-corrected chi connectivity index (χ2v) is 6.15. The highest BCUT2D eigenvalue weighted by Crippen LogP contribution is 2.44. The van der Waals surface area contributed by atoms with Crippen LogP contribution >= 0.6 is 0 Å². The van der Waals surface area contributed by atoms with Crippen molar-refractivity contribution in [2.75, 3.05) is 6.61 Å². The van der Waals surface area contributed by atoms with Crippen LogP contribution in [0.15, 0.2) is 30.3 Å². The number of nitrogens with zero attached hydrogens (tertiary/aromatic N) is 1. The Kier molecular flexibility index (Phi) is 4.88. The number of benzene rings is 1. The first kappa shape index (κ1) is 17.6. The van der Waals surface area contributed by atoms with Crippen LogP contribution in [0.2, 0.25) is 0 Å². The number of aromatic nitrogens is 1. The summed E-state index contributed by atoms with van der Waals surface area (Å²) in [5, 5.41) is 0. The molecule has 1 aliphatic rings. The van der Waals surface area contributed by atoms with E-state index in [0.717, 1.165) is 6.42 Å². The van der Waals surface area contributed by atoms with Crippen molar-refractivity contribution in [1.29, 1.82) is 0 Å². The van der Waals surface area contributed by atoms with Crippen LogP contribution in [0.1, 0.15) is 47.8 Å². The number of carbonyl (C=O) groups excluding carboxylic acids is 1. The maximum atomic E-state index is 13.8. The van der Waals surface area contributed by atoms with Gasteiger partial charge in [0.25, 0.3) is 0 Å². The van der Waals surface area contributed by atoms with Gasteiger partial charge in [0.15, 0.2) is 0 Å². The Morgan fingerprint density at radius 3 is 2.60 bits per heavy atom. The minimum atomic E-state index is -4.59. The van der Waals surface area contributed by atoms with E-state index in [2.05, 4.69) is 0 Å². The second kappa shape index (κ2) is 6.94. The Hall–Kier alpha value is -2.24. The number of unbranched alkanes of at least 4 members (excludes halogenated alkanes) is 1. The number of hydrogen-bond acceptors (Lipinski definition) is 2. The number of rotatable bonds is 5. The molecule has 2 aromatic rings. The minimum absolute atomic E-state index is 0.126. The summed E-state index contributed by atoms with van der Waals surface area (Å²) in [6.45, 7) is 2.53. The van der Waals surface area contributed by atoms with Gasteiger partial charge in [-0.3, -0.25) is 0 Å². The van der Waals surface area contributed by atoms with Crippen molar-refractivity contribution in [3.8, 4) is 11.3 Å². The van der Waals surface area contributed by atoms with Crippen LogP contribution in [0.25, 0.3) is 11.3 Å². The molecule has 0 fully saturated rings. The number of ether oxygens (including phenoxy) is 1. The summed E-state index contributed by atoms with van der Waals surface area (Å²) in [6.07, 6.45) is -2.20. The lowest BCUT2D eigenvalue weighted by atomic mass is 10.0. The highest BCUT2D eigenvalue weighted by Gasteiger charge is 2.44. The van der Waals surface area contributed by atoms with E-state index in [1.165, 1.54) is 0 Å². The first-order valence-electron chi connectivity index (χ1n) is 8.50. The van der Waals surface area contributed by atoms with Crippen molar-refractivity contribution < 1.29 is 22.7 Å². The summed E-state index contributed by atoms with van der Waals surface area (Å²) in [5.41, 5.74) is -0.0610. The van der Waals surface area contributed by atoms with Gasteiger partial charge in [0, 0.05) is 12.2 Å². The van der Waals surface area contributed by atoms with E-state index >= 15 is 0 Å². The molecule has 25 heavy (non-hydrogen) atoms. The number of esters is 1. The topological polar surface area (TPSA) is 31.2 Å². The van der Waals surface area contributed by atoms with Crippen molar-refractivity contribution in [3.63, 3.8) is 0 Å². The molecule has 1 aromatic carbocycles. The van der Waals surface area contributed by atoms with E-state index in [0.29, 0.717) is 37.1 Å². The lowest BCUT2D eigenvalue weighted by Gasteiger charge is -2.12. The molecule has 134 valence electrons. The zero-order valence-corrected chi connectivity index (χ0v) is 14.0. The monoisotopic (exact) mass is 351 g/mol. The summed E-state index contributed by atoms with van der Waals surface area (Å²) in [5.74, 6) is -0.887. The van der Waals surface area contributed by atoms with Gasteiger partial charge in [0.05, 0.1) is 23.4 Å². The molecule has 0 spiro atoms. The highest BCUT2D eigenvalue weighted by atomic mass is 19.4. The molecule has 0 unspecified atom stereocenters. The number of halogens is 3. The Balaban J connectivity index is 2.18. The van der Waals surface area contributed by atoms with Gasteiger partial charge in [-0.25, -0.2) is 4.79 Å². The third-order valence-corrected chi connectivity index (χ3v) is 4.43. The first-order valence-corrected chi connectivity index (χ1v) is 8.50. The Labute approximate surface area is 144 Å². The highest BCUT2D eigenvalue weighted by molar-refractivity contribution is 5.99. The van der Waals surface area contributed by atoms with Gasteiger partial charge in [-0.15, -0.1) is 0 Å². The molecule has 0 atom stereocenters. The second-order valence-electron chi connectivity index (χ2n) is 6.15. The van der Waals surface area contributed by atoms with E-state index in [-0.39, 0.29) is 17.9 Å². The molecule has 0 bridgehead atoms. The fourth-order valence-electron chi connectivity index (χ4n) is 3.36. The first-order chi connectivity index (χ1) is 11.9. The smallest absolute Gasteiger partial charge is 0.419 e. The van der Waals surface area contributed by atoms with Crippen molar-refractivity contribution in [2.45, 2.75) is 45.3 Å². The average Bonchev–Trinajstić information content (AvgIpc) is 3.14. The Bertz CT molecular complexity index is 763. The number of carbonyl (C=O) groups is 1. The maximum Gasteiger partial charge on any atom is 0.419 e. The average molecular weight is 351 g/mol. The van der Waals surface area contributed by atoms with Crippen LogP contribution in [0.3, 0.4) is 0 Å². The maximum absolute atomic E-state index is 13.8. The summed E-state index contributed by atoms with van der Waals surface area (Å²) in [4.78, 5) is 12.6. The van der Waals surface area contributed by atoms with Gasteiger partial charge in [0.1, 0.15) is 0 Å². The molecule has 0 saturated carbocycles. The lowest BCUT2D eigenvalue weighted by Crippen LogP contribution is -2.16. The van der Waals surface area contributed by atoms with Crippen LogP contribution in [-0.2, 0) is 23.9 Å². The van der Waals surface area contributed by atoms with E-state index in [1.54, 1.807) is 34.9 Å². The standard InChI is InChI=1S/C19H20F3NO2/c1-2-3-12-25-18(24)15-16(19(20,21)22)14-10-7-11-23(14)17(15)13-8-5-4-6-9-13/h4-6,8-9H,2-3,7,10-12H2,1H3. The SMILES string of the molecule is CCCCOC(=O)c1c(C(F)(F)F)c2n(c1-c1ccccc1)CCC2. The predicted octanol–water partition coefficient (Wildman–Crippen LogP) is 5.08. The molecular weight excluding hydrogens is 331 g/mol. The quantitative estimate of drug-likeness (QED) is 0.556. The van der Waals surface area contributed by atoms with Gasteiger partial charge >= 0.3 is 12.1 Å². The van der Waals surface area contributed by atoms with E-state index in [1.807, 2.05) is 6.92 Å². The molecule has 0 saturated heterocycles. The molecular formula is C19H20F3NO2. The molecule has 1 aliphatic heterocycles. The summed E-state index contributed by atoms with van der Waals surface area (Å²) < 4.78 is 48.1. The minimum Gasteiger partial charge on any atom is -0.462 e. The van der Waals surface area contributed by atoms with Crippen molar-refractivity contribution in [1.82, 2.24) is 4.57 Å². The normalized spacial score (nSPS) is 13.8. The third kappa shape index (κ3) is 3.30. The molecule has 2 heterocycles. The summed E-state index contributed by atoms with van der Waals surface area (Å²) in [7, 11) is 0. The zero-order valence-electron chi connectivity index (χ0n) is 14.0. The molecule has 0 radical (unpaired) electrons. The van der Waals surface area contributed by atoms with Gasteiger partial charge < -0.3 is 9.30 Å². The van der Waals surface area contributed by atoms with Crippen LogP contribution in [0, 0.1) is 0 Å². The molecule has 6 heteroatoms. The van der Waals surface area contributed by atoms with Gasteiger partial charge in [0.2, 0.25) is 0 Å². The summed E-state index contributed by atoms with van der Waals surface area (Å²) >= 11 is 0.